The first kappa shape index (κ1) is 12.4. The van der Waals surface area contributed by atoms with Gasteiger partial charge in [-0.1, -0.05) is 11.6 Å². The van der Waals surface area contributed by atoms with Crippen LogP contribution in [0.15, 0.2) is 12.1 Å². The van der Waals surface area contributed by atoms with Gasteiger partial charge in [-0.3, -0.25) is 4.98 Å². The number of halogens is 1. The fraction of sp³-hybridized carbons (Fsp3) is 0.438. The van der Waals surface area contributed by atoms with E-state index in [0.29, 0.717) is 12.6 Å². The molecule has 4 heteroatoms. The number of pyridine rings is 1. The van der Waals surface area contributed by atoms with E-state index >= 15 is 0 Å². The second kappa shape index (κ2) is 4.61. The molecular formula is C16H17ClN2O. The van der Waals surface area contributed by atoms with Crippen LogP contribution in [-0.2, 0) is 17.8 Å². The van der Waals surface area contributed by atoms with Crippen molar-refractivity contribution >= 4 is 28.2 Å². The molecule has 0 radical (unpaired) electrons. The third-order valence-electron chi connectivity index (χ3n) is 4.19. The molecule has 0 amide bonds. The second-order valence-corrected chi connectivity index (χ2v) is 6.11. The zero-order valence-electron chi connectivity index (χ0n) is 11.5. The molecule has 4 rings (SSSR count). The van der Waals surface area contributed by atoms with E-state index in [-0.39, 0.29) is 0 Å². The number of aromatic nitrogens is 1. The van der Waals surface area contributed by atoms with Crippen LogP contribution >= 0.6 is 11.6 Å². The number of benzene rings is 1. The van der Waals surface area contributed by atoms with Crippen molar-refractivity contribution in [2.45, 2.75) is 38.8 Å². The molecule has 1 saturated carbocycles. The Morgan fingerprint density at radius 1 is 1.35 bits per heavy atom. The van der Waals surface area contributed by atoms with Crippen LogP contribution in [0, 0.1) is 6.92 Å². The van der Waals surface area contributed by atoms with Crippen molar-refractivity contribution in [1.82, 2.24) is 4.98 Å². The zero-order chi connectivity index (χ0) is 13.7. The van der Waals surface area contributed by atoms with Crippen LogP contribution < -0.4 is 5.32 Å². The number of aryl methyl sites for hydroxylation is 1. The summed E-state index contributed by atoms with van der Waals surface area (Å²) in [5.41, 5.74) is 5.71. The molecular weight excluding hydrogens is 272 g/mol. The van der Waals surface area contributed by atoms with E-state index in [1.807, 2.05) is 13.0 Å². The summed E-state index contributed by atoms with van der Waals surface area (Å²) in [7, 11) is 0. The van der Waals surface area contributed by atoms with E-state index in [1.54, 1.807) is 0 Å². The Hall–Kier alpha value is -1.32. The predicted octanol–water partition coefficient (Wildman–Crippen LogP) is 3.84. The Morgan fingerprint density at radius 3 is 3.00 bits per heavy atom. The number of fused-ring (bicyclic) bond motifs is 2. The molecule has 3 nitrogen and oxygen atoms in total. The lowest BCUT2D eigenvalue weighted by Gasteiger charge is -2.22. The quantitative estimate of drug-likeness (QED) is 0.911. The molecule has 1 aliphatic heterocycles. The molecule has 0 saturated heterocycles. The van der Waals surface area contributed by atoms with Gasteiger partial charge in [0, 0.05) is 28.4 Å². The van der Waals surface area contributed by atoms with Gasteiger partial charge in [0.25, 0.3) is 0 Å². The fourth-order valence-corrected chi connectivity index (χ4v) is 2.99. The monoisotopic (exact) mass is 288 g/mol. The first-order valence-corrected chi connectivity index (χ1v) is 7.56. The summed E-state index contributed by atoms with van der Waals surface area (Å²) in [6, 6.07) is 4.66. The van der Waals surface area contributed by atoms with Crippen LogP contribution in [0.3, 0.4) is 0 Å². The summed E-state index contributed by atoms with van der Waals surface area (Å²) in [5.74, 6) is 0. The smallest absolute Gasteiger partial charge is 0.0770 e. The molecule has 2 heterocycles. The largest absolute Gasteiger partial charge is 0.381 e. The molecule has 0 spiro atoms. The number of nitrogens with one attached hydrogen (secondary N) is 1. The Morgan fingerprint density at radius 2 is 2.20 bits per heavy atom. The minimum absolute atomic E-state index is 0.614. The maximum absolute atomic E-state index is 6.26. The highest BCUT2D eigenvalue weighted by atomic mass is 35.5. The molecule has 1 N–H and O–H groups in total. The summed E-state index contributed by atoms with van der Waals surface area (Å²) in [5, 5.41) is 5.63. The van der Waals surface area contributed by atoms with Crippen molar-refractivity contribution in [2.75, 3.05) is 11.9 Å². The number of anilines is 1. The molecule has 0 unspecified atom stereocenters. The summed E-state index contributed by atoms with van der Waals surface area (Å²) >= 11 is 6.26. The fourth-order valence-electron chi connectivity index (χ4n) is 2.83. The van der Waals surface area contributed by atoms with Gasteiger partial charge >= 0.3 is 0 Å². The predicted molar refractivity (Wildman–Crippen MR) is 81.5 cm³/mol. The Labute approximate surface area is 123 Å². The first-order chi connectivity index (χ1) is 9.74. The van der Waals surface area contributed by atoms with Crippen LogP contribution in [0.5, 0.6) is 0 Å². The number of ether oxygens (including phenoxy) is 1. The van der Waals surface area contributed by atoms with Crippen LogP contribution in [0.2, 0.25) is 5.02 Å². The van der Waals surface area contributed by atoms with Gasteiger partial charge in [-0.05, 0) is 37.5 Å². The third kappa shape index (κ3) is 1.97. The standard InChI is InChI=1S/C16H17ClN2O/c1-9-13(17)5-4-11-15(9)19-14-6-7-20-8-12(14)16(11)18-10-2-3-10/h4-5,10H,2-3,6-8H2,1H3,(H,18,19). The Kier molecular flexibility index (Phi) is 2.86. The molecule has 1 aromatic heterocycles. The van der Waals surface area contributed by atoms with Crippen molar-refractivity contribution in [2.24, 2.45) is 0 Å². The van der Waals surface area contributed by atoms with Crippen molar-refractivity contribution in [3.8, 4) is 0 Å². The van der Waals surface area contributed by atoms with Crippen molar-refractivity contribution in [3.63, 3.8) is 0 Å². The zero-order valence-corrected chi connectivity index (χ0v) is 12.3. The van der Waals surface area contributed by atoms with E-state index < -0.39 is 0 Å². The number of hydrogen-bond donors (Lipinski definition) is 1. The van der Waals surface area contributed by atoms with Crippen LogP contribution in [0.25, 0.3) is 10.9 Å². The molecule has 0 atom stereocenters. The van der Waals surface area contributed by atoms with Gasteiger partial charge in [-0.2, -0.15) is 0 Å². The molecule has 2 aliphatic rings. The van der Waals surface area contributed by atoms with Crippen molar-refractivity contribution < 1.29 is 4.74 Å². The minimum atomic E-state index is 0.614. The van der Waals surface area contributed by atoms with Gasteiger partial charge in [0.1, 0.15) is 0 Å². The summed E-state index contributed by atoms with van der Waals surface area (Å²) in [4.78, 5) is 4.86. The van der Waals surface area contributed by atoms with E-state index in [2.05, 4.69) is 11.4 Å². The van der Waals surface area contributed by atoms with Gasteiger partial charge in [-0.25, -0.2) is 0 Å². The average molecular weight is 289 g/mol. The SMILES string of the molecule is Cc1c(Cl)ccc2c(NC3CC3)c3c(nc12)CCOC3. The highest BCUT2D eigenvalue weighted by molar-refractivity contribution is 6.32. The highest BCUT2D eigenvalue weighted by Crippen LogP contribution is 2.37. The number of rotatable bonds is 2. The third-order valence-corrected chi connectivity index (χ3v) is 4.60. The van der Waals surface area contributed by atoms with Crippen LogP contribution in [0.4, 0.5) is 5.69 Å². The number of nitrogens with zero attached hydrogens (tertiary/aromatic N) is 1. The van der Waals surface area contributed by atoms with E-state index in [9.17, 15) is 0 Å². The maximum Gasteiger partial charge on any atom is 0.0770 e. The molecule has 2 aromatic rings. The normalized spacial score (nSPS) is 18.1. The van der Waals surface area contributed by atoms with Crippen LogP contribution in [0.1, 0.15) is 29.7 Å². The molecule has 1 fully saturated rings. The number of hydrogen-bond acceptors (Lipinski definition) is 3. The Balaban J connectivity index is 2.00. The summed E-state index contributed by atoms with van der Waals surface area (Å²) in [6.07, 6.45) is 3.40. The van der Waals surface area contributed by atoms with Crippen LogP contribution in [-0.4, -0.2) is 17.6 Å². The minimum Gasteiger partial charge on any atom is -0.381 e. The topological polar surface area (TPSA) is 34.2 Å². The van der Waals surface area contributed by atoms with Gasteiger partial charge in [0.05, 0.1) is 30.1 Å². The van der Waals surface area contributed by atoms with Gasteiger partial charge < -0.3 is 10.1 Å². The lowest BCUT2D eigenvalue weighted by atomic mass is 10.0. The molecule has 104 valence electrons. The van der Waals surface area contributed by atoms with Gasteiger partial charge in [-0.15, -0.1) is 0 Å². The van der Waals surface area contributed by atoms with E-state index in [0.717, 1.165) is 34.8 Å². The van der Waals surface area contributed by atoms with Crippen molar-refractivity contribution in [1.29, 1.82) is 0 Å². The molecule has 1 aromatic carbocycles. The highest BCUT2D eigenvalue weighted by Gasteiger charge is 2.26. The molecule has 0 bridgehead atoms. The average Bonchev–Trinajstić information content (AvgIpc) is 3.27. The maximum atomic E-state index is 6.26. The van der Waals surface area contributed by atoms with E-state index in [4.69, 9.17) is 21.3 Å². The summed E-state index contributed by atoms with van der Waals surface area (Å²) < 4.78 is 5.64. The lowest BCUT2D eigenvalue weighted by molar-refractivity contribution is 0.110. The molecule has 20 heavy (non-hydrogen) atoms. The summed E-state index contributed by atoms with van der Waals surface area (Å²) in [6.45, 7) is 3.47. The second-order valence-electron chi connectivity index (χ2n) is 5.70. The van der Waals surface area contributed by atoms with Gasteiger partial charge in [0.2, 0.25) is 0 Å². The van der Waals surface area contributed by atoms with Crippen molar-refractivity contribution in [3.05, 3.63) is 34.0 Å². The van der Waals surface area contributed by atoms with E-state index in [1.165, 1.54) is 29.5 Å². The van der Waals surface area contributed by atoms with Gasteiger partial charge in [0.15, 0.2) is 0 Å². The molecule has 1 aliphatic carbocycles. The lowest BCUT2D eigenvalue weighted by Crippen LogP contribution is -2.16. The first-order valence-electron chi connectivity index (χ1n) is 7.19. The Bertz CT molecular complexity index is 695.